The van der Waals surface area contributed by atoms with E-state index in [-0.39, 0.29) is 21.4 Å². The Morgan fingerprint density at radius 2 is 1.91 bits per heavy atom. The van der Waals surface area contributed by atoms with E-state index in [1.54, 1.807) is 6.08 Å². The second-order valence-corrected chi connectivity index (χ2v) is 7.91. The van der Waals surface area contributed by atoms with Crippen LogP contribution in [0, 0.1) is 5.92 Å². The SMILES string of the molecule is C=CS(=O)(=O)c1ccc(C(=CC2CCCCC2)C(=O)O)cc1Cl. The lowest BCUT2D eigenvalue weighted by Gasteiger charge is -2.19. The molecule has 23 heavy (non-hydrogen) atoms. The normalized spacial score (nSPS) is 17.0. The van der Waals surface area contributed by atoms with E-state index in [0.29, 0.717) is 5.56 Å². The van der Waals surface area contributed by atoms with Crippen LogP contribution in [0.4, 0.5) is 0 Å². The Hall–Kier alpha value is -1.59. The summed E-state index contributed by atoms with van der Waals surface area (Å²) in [6.07, 6.45) is 7.12. The molecule has 0 spiro atoms. The van der Waals surface area contributed by atoms with Crippen LogP contribution in [0.2, 0.25) is 5.02 Å². The van der Waals surface area contributed by atoms with E-state index < -0.39 is 15.8 Å². The number of hydrogen-bond acceptors (Lipinski definition) is 3. The lowest BCUT2D eigenvalue weighted by Crippen LogP contribution is -2.08. The van der Waals surface area contributed by atoms with Crippen LogP contribution in [0.3, 0.4) is 0 Å². The van der Waals surface area contributed by atoms with Gasteiger partial charge in [0.2, 0.25) is 9.84 Å². The highest BCUT2D eigenvalue weighted by atomic mass is 35.5. The van der Waals surface area contributed by atoms with E-state index in [0.717, 1.165) is 31.1 Å². The molecule has 124 valence electrons. The van der Waals surface area contributed by atoms with Gasteiger partial charge >= 0.3 is 5.97 Å². The minimum Gasteiger partial charge on any atom is -0.478 e. The molecule has 1 fully saturated rings. The molecule has 0 bridgehead atoms. The van der Waals surface area contributed by atoms with Crippen LogP contribution in [0.5, 0.6) is 0 Å². The van der Waals surface area contributed by atoms with E-state index in [1.165, 1.54) is 24.6 Å². The van der Waals surface area contributed by atoms with Crippen molar-refractivity contribution in [2.45, 2.75) is 37.0 Å². The van der Waals surface area contributed by atoms with Gasteiger partial charge < -0.3 is 5.11 Å². The van der Waals surface area contributed by atoms with Gasteiger partial charge in [0.15, 0.2) is 0 Å². The molecule has 4 nitrogen and oxygen atoms in total. The Labute approximate surface area is 141 Å². The third-order valence-electron chi connectivity index (χ3n) is 4.05. The maximum absolute atomic E-state index is 11.8. The summed E-state index contributed by atoms with van der Waals surface area (Å²) in [5, 5.41) is 10.3. The van der Waals surface area contributed by atoms with Crippen LogP contribution in [0.25, 0.3) is 5.57 Å². The smallest absolute Gasteiger partial charge is 0.335 e. The summed E-state index contributed by atoms with van der Waals surface area (Å²) in [5.41, 5.74) is 0.581. The van der Waals surface area contributed by atoms with Crippen LogP contribution in [0.1, 0.15) is 37.7 Å². The molecule has 1 N–H and O–H groups in total. The number of carboxylic acids is 1. The van der Waals surface area contributed by atoms with Crippen LogP contribution in [0.15, 0.2) is 41.2 Å². The van der Waals surface area contributed by atoms with Gasteiger partial charge in [-0.25, -0.2) is 13.2 Å². The Kier molecular flexibility index (Phi) is 5.65. The number of carbonyl (C=O) groups is 1. The molecule has 0 heterocycles. The molecule has 1 saturated carbocycles. The van der Waals surface area contributed by atoms with Crippen molar-refractivity contribution in [3.8, 4) is 0 Å². The summed E-state index contributed by atoms with van der Waals surface area (Å²) in [7, 11) is -3.65. The van der Waals surface area contributed by atoms with Gasteiger partial charge in [-0.2, -0.15) is 0 Å². The zero-order chi connectivity index (χ0) is 17.0. The van der Waals surface area contributed by atoms with Crippen molar-refractivity contribution in [1.29, 1.82) is 0 Å². The van der Waals surface area contributed by atoms with Crippen LogP contribution in [-0.4, -0.2) is 19.5 Å². The van der Waals surface area contributed by atoms with Crippen molar-refractivity contribution in [3.05, 3.63) is 46.8 Å². The number of allylic oxidation sites excluding steroid dienone is 1. The number of halogens is 1. The molecular weight excluding hydrogens is 336 g/mol. The summed E-state index contributed by atoms with van der Waals surface area (Å²) in [6, 6.07) is 4.19. The topological polar surface area (TPSA) is 71.4 Å². The van der Waals surface area contributed by atoms with Crippen molar-refractivity contribution in [1.82, 2.24) is 0 Å². The van der Waals surface area contributed by atoms with E-state index >= 15 is 0 Å². The quantitative estimate of drug-likeness (QED) is 0.800. The lowest BCUT2D eigenvalue weighted by molar-refractivity contribution is -0.130. The first-order chi connectivity index (χ1) is 10.8. The summed E-state index contributed by atoms with van der Waals surface area (Å²) < 4.78 is 23.6. The molecule has 0 atom stereocenters. The molecule has 0 aromatic heterocycles. The zero-order valence-corrected chi connectivity index (χ0v) is 14.2. The van der Waals surface area contributed by atoms with E-state index in [2.05, 4.69) is 6.58 Å². The molecule has 0 amide bonds. The van der Waals surface area contributed by atoms with Gasteiger partial charge in [-0.15, -0.1) is 0 Å². The highest BCUT2D eigenvalue weighted by molar-refractivity contribution is 7.94. The second kappa shape index (κ2) is 7.32. The second-order valence-electron chi connectivity index (χ2n) is 5.64. The average Bonchev–Trinajstić information content (AvgIpc) is 2.53. The average molecular weight is 355 g/mol. The number of aliphatic carboxylic acids is 1. The standard InChI is InChI=1S/C17H19ClO4S/c1-2-23(21,22)16-9-8-13(11-15(16)18)14(17(19)20)10-12-6-4-3-5-7-12/h2,8-12H,1,3-7H2,(H,19,20). The minimum atomic E-state index is -3.65. The van der Waals surface area contributed by atoms with E-state index in [9.17, 15) is 18.3 Å². The van der Waals surface area contributed by atoms with Gasteiger partial charge in [-0.3, -0.25) is 0 Å². The molecule has 6 heteroatoms. The Morgan fingerprint density at radius 1 is 1.26 bits per heavy atom. The molecule has 1 aliphatic rings. The van der Waals surface area contributed by atoms with Gasteiger partial charge in [0.05, 0.1) is 15.5 Å². The first-order valence-electron chi connectivity index (χ1n) is 7.47. The molecule has 1 aliphatic carbocycles. The van der Waals surface area contributed by atoms with Crippen LogP contribution < -0.4 is 0 Å². The number of sulfone groups is 1. The van der Waals surface area contributed by atoms with Gasteiger partial charge in [-0.05, 0) is 36.5 Å². The maximum Gasteiger partial charge on any atom is 0.335 e. The Bertz CT molecular complexity index is 744. The molecule has 0 unspecified atom stereocenters. The third kappa shape index (κ3) is 4.24. The van der Waals surface area contributed by atoms with Crippen molar-refractivity contribution in [2.75, 3.05) is 0 Å². The predicted octanol–water partition coefficient (Wildman–Crippen LogP) is 4.31. The molecule has 0 radical (unpaired) electrons. The monoisotopic (exact) mass is 354 g/mol. The summed E-state index contributed by atoms with van der Waals surface area (Å²) in [4.78, 5) is 11.5. The summed E-state index contributed by atoms with van der Waals surface area (Å²) in [6.45, 7) is 3.26. The first kappa shape index (κ1) is 17.8. The first-order valence-corrected chi connectivity index (χ1v) is 9.40. The van der Waals surface area contributed by atoms with Gasteiger partial charge in [-0.1, -0.05) is 49.6 Å². The largest absolute Gasteiger partial charge is 0.478 e. The number of rotatable bonds is 5. The van der Waals surface area contributed by atoms with Gasteiger partial charge in [0.25, 0.3) is 0 Å². The fraction of sp³-hybridized carbons (Fsp3) is 0.353. The van der Waals surface area contributed by atoms with Crippen molar-refractivity contribution < 1.29 is 18.3 Å². The third-order valence-corrected chi connectivity index (χ3v) is 5.88. The number of carboxylic acid groups (broad SMARTS) is 1. The van der Waals surface area contributed by atoms with Crippen molar-refractivity contribution in [3.63, 3.8) is 0 Å². The number of benzene rings is 1. The fourth-order valence-electron chi connectivity index (χ4n) is 2.82. The highest BCUT2D eigenvalue weighted by Gasteiger charge is 2.20. The zero-order valence-electron chi connectivity index (χ0n) is 12.7. The highest BCUT2D eigenvalue weighted by Crippen LogP contribution is 2.31. The Morgan fingerprint density at radius 3 is 2.43 bits per heavy atom. The maximum atomic E-state index is 11.8. The van der Waals surface area contributed by atoms with Crippen molar-refractivity contribution in [2.24, 2.45) is 5.92 Å². The van der Waals surface area contributed by atoms with Gasteiger partial charge in [0, 0.05) is 5.41 Å². The van der Waals surface area contributed by atoms with Crippen LogP contribution >= 0.6 is 11.6 Å². The lowest BCUT2D eigenvalue weighted by atomic mass is 9.87. The summed E-state index contributed by atoms with van der Waals surface area (Å²) in [5.74, 6) is -0.795. The van der Waals surface area contributed by atoms with E-state index in [4.69, 9.17) is 11.6 Å². The van der Waals surface area contributed by atoms with Crippen LogP contribution in [-0.2, 0) is 14.6 Å². The fourth-order valence-corrected chi connectivity index (χ4v) is 4.09. The van der Waals surface area contributed by atoms with Gasteiger partial charge in [0.1, 0.15) is 0 Å². The molecule has 0 aliphatic heterocycles. The molecule has 1 aromatic rings. The Balaban J connectivity index is 2.41. The molecule has 1 aromatic carbocycles. The predicted molar refractivity (Wildman–Crippen MR) is 91.0 cm³/mol. The molecule has 2 rings (SSSR count). The number of hydrogen-bond donors (Lipinski definition) is 1. The minimum absolute atomic E-state index is 0.00167. The molecule has 0 saturated heterocycles. The van der Waals surface area contributed by atoms with Crippen molar-refractivity contribution >= 4 is 33.0 Å². The molecular formula is C17H19ClO4S. The summed E-state index contributed by atoms with van der Waals surface area (Å²) >= 11 is 6.04. The van der Waals surface area contributed by atoms with E-state index in [1.807, 2.05) is 0 Å².